The topological polar surface area (TPSA) is 60.0 Å². The lowest BCUT2D eigenvalue weighted by atomic mass is 10.0. The zero-order valence-corrected chi connectivity index (χ0v) is 20.2. The summed E-state index contributed by atoms with van der Waals surface area (Å²) in [4.78, 5) is 21.6. The molecule has 0 aromatic rings. The Balaban J connectivity index is 0.00000364. The lowest BCUT2D eigenvalue weighted by Gasteiger charge is -2.37. The molecule has 6 nitrogen and oxygen atoms in total. The number of nitrogens with one attached hydrogen (secondary N) is 2. The molecule has 0 aromatic carbocycles. The van der Waals surface area contributed by atoms with Gasteiger partial charge in [-0.2, -0.15) is 0 Å². The van der Waals surface area contributed by atoms with Crippen molar-refractivity contribution in [2.24, 2.45) is 10.9 Å². The minimum Gasteiger partial charge on any atom is -0.357 e. The van der Waals surface area contributed by atoms with Crippen LogP contribution in [-0.4, -0.2) is 72.5 Å². The average Bonchev–Trinajstić information content (AvgIpc) is 3.07. The second-order valence-corrected chi connectivity index (χ2v) is 8.22. The molecule has 0 aromatic heterocycles. The van der Waals surface area contributed by atoms with Gasteiger partial charge < -0.3 is 15.5 Å². The van der Waals surface area contributed by atoms with Crippen LogP contribution in [0.1, 0.15) is 60.3 Å². The van der Waals surface area contributed by atoms with Gasteiger partial charge in [0.1, 0.15) is 0 Å². The lowest BCUT2D eigenvalue weighted by molar-refractivity contribution is -0.133. The molecule has 2 fully saturated rings. The molecule has 0 spiro atoms. The normalized spacial score (nSPS) is 25.3. The van der Waals surface area contributed by atoms with E-state index in [0.29, 0.717) is 18.1 Å². The number of amides is 1. The van der Waals surface area contributed by atoms with Gasteiger partial charge in [0, 0.05) is 43.7 Å². The Morgan fingerprint density at radius 2 is 1.93 bits per heavy atom. The molecule has 2 rings (SSSR count). The number of piperidine rings is 1. The average molecular weight is 493 g/mol. The highest BCUT2D eigenvalue weighted by Gasteiger charge is 2.28. The van der Waals surface area contributed by atoms with E-state index in [-0.39, 0.29) is 35.8 Å². The van der Waals surface area contributed by atoms with Gasteiger partial charge in [-0.1, -0.05) is 20.3 Å². The Kier molecular flexibility index (Phi) is 11.0. The Bertz CT molecular complexity index is 485. The summed E-state index contributed by atoms with van der Waals surface area (Å²) in [6, 6.07) is 1.41. The summed E-state index contributed by atoms with van der Waals surface area (Å²) >= 11 is 0. The Morgan fingerprint density at radius 3 is 2.56 bits per heavy atom. The zero-order valence-electron chi connectivity index (χ0n) is 17.8. The smallest absolute Gasteiger partial charge is 0.225 e. The van der Waals surface area contributed by atoms with Crippen LogP contribution in [0.2, 0.25) is 0 Å². The maximum absolute atomic E-state index is 12.2. The molecule has 2 aliphatic rings. The van der Waals surface area contributed by atoms with Crippen LogP contribution in [0.4, 0.5) is 0 Å². The van der Waals surface area contributed by atoms with E-state index in [0.717, 1.165) is 38.6 Å². The minimum atomic E-state index is 0. The number of halogens is 1. The molecule has 0 bridgehead atoms. The van der Waals surface area contributed by atoms with Crippen LogP contribution in [0.3, 0.4) is 0 Å². The van der Waals surface area contributed by atoms with E-state index in [2.05, 4.69) is 36.3 Å². The van der Waals surface area contributed by atoms with Gasteiger partial charge in [0.05, 0.1) is 6.54 Å². The number of rotatable bonds is 6. The molecule has 0 saturated carbocycles. The first-order valence-electron chi connectivity index (χ1n) is 10.5. The number of likely N-dealkylation sites (tertiary alicyclic amines) is 2. The van der Waals surface area contributed by atoms with Crippen molar-refractivity contribution in [2.75, 3.05) is 32.7 Å². The van der Waals surface area contributed by atoms with Crippen molar-refractivity contribution in [3.8, 4) is 0 Å². The lowest BCUT2D eigenvalue weighted by Crippen LogP contribution is -2.47. The Morgan fingerprint density at radius 1 is 1.19 bits per heavy atom. The van der Waals surface area contributed by atoms with E-state index in [4.69, 9.17) is 4.99 Å². The molecule has 1 amide bonds. The zero-order chi connectivity index (χ0) is 19.1. The van der Waals surface area contributed by atoms with E-state index in [9.17, 15) is 4.79 Å². The fraction of sp³-hybridized carbons (Fsp3) is 0.900. The van der Waals surface area contributed by atoms with Crippen LogP contribution in [-0.2, 0) is 4.79 Å². The summed E-state index contributed by atoms with van der Waals surface area (Å²) in [5.74, 6) is 1.21. The van der Waals surface area contributed by atoms with Gasteiger partial charge in [0.25, 0.3) is 0 Å². The van der Waals surface area contributed by atoms with Crippen molar-refractivity contribution in [3.05, 3.63) is 0 Å². The summed E-state index contributed by atoms with van der Waals surface area (Å²) < 4.78 is 0. The molecule has 3 atom stereocenters. The third kappa shape index (κ3) is 7.40. The Hall–Kier alpha value is -0.570. The van der Waals surface area contributed by atoms with Gasteiger partial charge in [-0.15, -0.1) is 24.0 Å². The van der Waals surface area contributed by atoms with Crippen molar-refractivity contribution in [2.45, 2.75) is 78.4 Å². The fourth-order valence-electron chi connectivity index (χ4n) is 4.06. The van der Waals surface area contributed by atoms with Gasteiger partial charge >= 0.3 is 0 Å². The van der Waals surface area contributed by atoms with Crippen LogP contribution in [0.25, 0.3) is 0 Å². The van der Waals surface area contributed by atoms with Crippen molar-refractivity contribution in [1.29, 1.82) is 0 Å². The molecule has 2 aliphatic heterocycles. The predicted molar refractivity (Wildman–Crippen MR) is 124 cm³/mol. The molecule has 2 heterocycles. The van der Waals surface area contributed by atoms with Crippen LogP contribution < -0.4 is 10.6 Å². The molecule has 27 heavy (non-hydrogen) atoms. The van der Waals surface area contributed by atoms with Crippen LogP contribution in [0.15, 0.2) is 4.99 Å². The molecule has 2 N–H and O–H groups in total. The van der Waals surface area contributed by atoms with Gasteiger partial charge in [-0.3, -0.25) is 14.7 Å². The van der Waals surface area contributed by atoms with Gasteiger partial charge in [-0.25, -0.2) is 0 Å². The van der Waals surface area contributed by atoms with Gasteiger partial charge in [-0.05, 0) is 46.6 Å². The molecule has 0 aliphatic carbocycles. The van der Waals surface area contributed by atoms with Crippen LogP contribution in [0, 0.1) is 5.92 Å². The standard InChI is InChI=1S/C20H39N5O.HI/c1-6-21-20(22-13-17(5)25-11-8-7-9-16(25)4)23-18-10-12-24(14-18)19(26)15(2)3;/h15-18H,6-14H2,1-5H3,(H2,21,22,23);1H. The number of guanidine groups is 1. The third-order valence-corrected chi connectivity index (χ3v) is 5.61. The number of aliphatic imine (C=N–C) groups is 1. The van der Waals surface area contributed by atoms with E-state index in [1.807, 2.05) is 18.7 Å². The first-order valence-corrected chi connectivity index (χ1v) is 10.5. The second kappa shape index (κ2) is 12.1. The first kappa shape index (κ1) is 24.5. The van der Waals surface area contributed by atoms with Crippen molar-refractivity contribution < 1.29 is 4.79 Å². The molecule has 3 unspecified atom stereocenters. The maximum atomic E-state index is 12.2. The van der Waals surface area contributed by atoms with Crippen molar-refractivity contribution in [1.82, 2.24) is 20.4 Å². The largest absolute Gasteiger partial charge is 0.357 e. The van der Waals surface area contributed by atoms with Crippen molar-refractivity contribution >= 4 is 35.8 Å². The monoisotopic (exact) mass is 493 g/mol. The van der Waals surface area contributed by atoms with Gasteiger partial charge in [0.2, 0.25) is 5.91 Å². The number of hydrogen-bond acceptors (Lipinski definition) is 3. The Labute approximate surface area is 182 Å². The van der Waals surface area contributed by atoms with Crippen LogP contribution in [0.5, 0.6) is 0 Å². The molecule has 7 heteroatoms. The molecule has 0 radical (unpaired) electrons. The minimum absolute atomic E-state index is 0. The summed E-state index contributed by atoms with van der Waals surface area (Å²) in [6.45, 7) is 15.1. The number of carbonyl (C=O) groups is 1. The van der Waals surface area contributed by atoms with Gasteiger partial charge in [0.15, 0.2) is 5.96 Å². The summed E-state index contributed by atoms with van der Waals surface area (Å²) in [5, 5.41) is 6.90. The number of hydrogen-bond donors (Lipinski definition) is 2. The highest BCUT2D eigenvalue weighted by Crippen LogP contribution is 2.19. The number of carbonyl (C=O) groups excluding carboxylic acids is 1. The summed E-state index contributed by atoms with van der Waals surface area (Å²) in [5.41, 5.74) is 0. The van der Waals surface area contributed by atoms with Crippen LogP contribution >= 0.6 is 24.0 Å². The SMILES string of the molecule is CCNC(=NCC(C)N1CCCCC1C)NC1CCN(C(=O)C(C)C)C1.I. The quantitative estimate of drug-likeness (QED) is 0.340. The fourth-order valence-corrected chi connectivity index (χ4v) is 4.06. The molecular formula is C20H40IN5O. The highest BCUT2D eigenvalue weighted by atomic mass is 127. The second-order valence-electron chi connectivity index (χ2n) is 8.22. The van der Waals surface area contributed by atoms with E-state index >= 15 is 0 Å². The maximum Gasteiger partial charge on any atom is 0.225 e. The number of nitrogens with zero attached hydrogens (tertiary/aromatic N) is 3. The summed E-state index contributed by atoms with van der Waals surface area (Å²) in [7, 11) is 0. The van der Waals surface area contributed by atoms with Crippen molar-refractivity contribution in [3.63, 3.8) is 0 Å². The molecule has 2 saturated heterocycles. The molecule has 158 valence electrons. The van der Waals surface area contributed by atoms with E-state index < -0.39 is 0 Å². The first-order chi connectivity index (χ1) is 12.4. The third-order valence-electron chi connectivity index (χ3n) is 5.61. The molecular weight excluding hydrogens is 453 g/mol. The van der Waals surface area contributed by atoms with E-state index in [1.54, 1.807) is 0 Å². The summed E-state index contributed by atoms with van der Waals surface area (Å²) in [6.07, 6.45) is 4.94. The highest BCUT2D eigenvalue weighted by molar-refractivity contribution is 14.0. The van der Waals surface area contributed by atoms with E-state index in [1.165, 1.54) is 25.8 Å². The predicted octanol–water partition coefficient (Wildman–Crippen LogP) is 2.68.